The topological polar surface area (TPSA) is 64.2 Å². The molecule has 0 amide bonds. The number of nitriles is 1. The van der Waals surface area contributed by atoms with Gasteiger partial charge in [-0.25, -0.2) is 0 Å². The summed E-state index contributed by atoms with van der Waals surface area (Å²) in [4.78, 5) is 0. The zero-order valence-corrected chi connectivity index (χ0v) is 7.64. The standard InChI is InChI=1S/C10H10BNO2/c12-6-8-5-9(11(13)14)3-4-10(8)7-1-2-7/h3-5,7,13-14H,1-2H2. The van der Waals surface area contributed by atoms with Crippen molar-refractivity contribution < 1.29 is 10.0 Å². The molecule has 1 aliphatic carbocycles. The molecule has 0 atom stereocenters. The van der Waals surface area contributed by atoms with Gasteiger partial charge in [0.15, 0.2) is 0 Å². The zero-order chi connectivity index (χ0) is 10.1. The first-order chi connectivity index (χ1) is 6.72. The van der Waals surface area contributed by atoms with Crippen LogP contribution in [0.15, 0.2) is 18.2 Å². The fourth-order valence-electron chi connectivity index (χ4n) is 1.58. The van der Waals surface area contributed by atoms with Crippen molar-refractivity contribution in [1.82, 2.24) is 0 Å². The van der Waals surface area contributed by atoms with Gasteiger partial charge in [-0.15, -0.1) is 0 Å². The van der Waals surface area contributed by atoms with Crippen LogP contribution in [0.25, 0.3) is 0 Å². The molecule has 0 spiro atoms. The molecule has 1 saturated carbocycles. The van der Waals surface area contributed by atoms with Crippen molar-refractivity contribution in [2.24, 2.45) is 0 Å². The maximum atomic E-state index is 8.93. The van der Waals surface area contributed by atoms with Gasteiger partial charge in [-0.3, -0.25) is 0 Å². The fourth-order valence-corrected chi connectivity index (χ4v) is 1.58. The van der Waals surface area contributed by atoms with Crippen molar-refractivity contribution >= 4 is 12.6 Å². The average Bonchev–Trinajstić information content (AvgIpc) is 3.00. The SMILES string of the molecule is N#Cc1cc(B(O)O)ccc1C1CC1. The van der Waals surface area contributed by atoms with Crippen LogP contribution in [0.2, 0.25) is 0 Å². The lowest BCUT2D eigenvalue weighted by Gasteiger charge is -2.04. The van der Waals surface area contributed by atoms with Crippen LogP contribution in [0.5, 0.6) is 0 Å². The second-order valence-electron chi connectivity index (χ2n) is 3.61. The molecular formula is C10H10BNO2. The minimum absolute atomic E-state index is 0.381. The molecule has 3 nitrogen and oxygen atoms in total. The van der Waals surface area contributed by atoms with Crippen LogP contribution in [0, 0.1) is 11.3 Å². The molecule has 4 heteroatoms. The molecule has 0 radical (unpaired) electrons. The minimum atomic E-state index is -1.49. The Morgan fingerprint density at radius 3 is 2.57 bits per heavy atom. The van der Waals surface area contributed by atoms with Crippen LogP contribution < -0.4 is 5.46 Å². The van der Waals surface area contributed by atoms with Gasteiger partial charge in [0.25, 0.3) is 0 Å². The van der Waals surface area contributed by atoms with Crippen molar-refractivity contribution in [3.63, 3.8) is 0 Å². The Bertz CT molecular complexity index is 394. The van der Waals surface area contributed by atoms with E-state index < -0.39 is 7.12 Å². The second-order valence-corrected chi connectivity index (χ2v) is 3.61. The summed E-state index contributed by atoms with van der Waals surface area (Å²) in [6.07, 6.45) is 2.27. The van der Waals surface area contributed by atoms with Crippen molar-refractivity contribution in [2.75, 3.05) is 0 Å². The first-order valence-electron chi connectivity index (χ1n) is 4.62. The molecule has 1 aromatic carbocycles. The highest BCUT2D eigenvalue weighted by molar-refractivity contribution is 6.58. The van der Waals surface area contributed by atoms with Crippen LogP contribution in [0.3, 0.4) is 0 Å². The molecule has 0 bridgehead atoms. The third kappa shape index (κ3) is 1.65. The number of benzene rings is 1. The predicted octanol–water partition coefficient (Wildman–Crippen LogP) is 0.115. The van der Waals surface area contributed by atoms with E-state index >= 15 is 0 Å². The van der Waals surface area contributed by atoms with Crippen LogP contribution in [0.4, 0.5) is 0 Å². The van der Waals surface area contributed by atoms with E-state index in [9.17, 15) is 0 Å². The third-order valence-electron chi connectivity index (χ3n) is 2.51. The summed E-state index contributed by atoms with van der Waals surface area (Å²) in [5.41, 5.74) is 1.99. The summed E-state index contributed by atoms with van der Waals surface area (Å²) in [5, 5.41) is 26.8. The van der Waals surface area contributed by atoms with Gasteiger partial charge in [-0.1, -0.05) is 12.1 Å². The smallest absolute Gasteiger partial charge is 0.423 e. The van der Waals surface area contributed by atoms with Crippen LogP contribution in [-0.2, 0) is 0 Å². The van der Waals surface area contributed by atoms with Gasteiger partial charge >= 0.3 is 7.12 Å². The van der Waals surface area contributed by atoms with E-state index in [1.807, 2.05) is 6.07 Å². The van der Waals surface area contributed by atoms with Gasteiger partial charge in [0, 0.05) is 0 Å². The molecule has 1 aromatic rings. The lowest BCUT2D eigenvalue weighted by molar-refractivity contribution is 0.426. The molecule has 0 saturated heterocycles. The Morgan fingerprint density at radius 2 is 2.07 bits per heavy atom. The summed E-state index contributed by atoms with van der Waals surface area (Å²) in [6.45, 7) is 0. The Kier molecular flexibility index (Phi) is 2.28. The molecule has 0 unspecified atom stereocenters. The first kappa shape index (κ1) is 9.26. The second kappa shape index (κ2) is 3.45. The van der Waals surface area contributed by atoms with Crippen molar-refractivity contribution in [1.29, 1.82) is 5.26 Å². The highest BCUT2D eigenvalue weighted by Gasteiger charge is 2.26. The van der Waals surface area contributed by atoms with Crippen LogP contribution in [-0.4, -0.2) is 17.2 Å². The quantitative estimate of drug-likeness (QED) is 0.646. The normalized spacial score (nSPS) is 14.9. The largest absolute Gasteiger partial charge is 0.488 e. The third-order valence-corrected chi connectivity index (χ3v) is 2.51. The van der Waals surface area contributed by atoms with Gasteiger partial charge in [-0.05, 0) is 35.9 Å². The first-order valence-corrected chi connectivity index (χ1v) is 4.62. The summed E-state index contributed by atoms with van der Waals surface area (Å²) in [7, 11) is -1.49. The summed E-state index contributed by atoms with van der Waals surface area (Å²) in [5.74, 6) is 0.509. The van der Waals surface area contributed by atoms with Gasteiger partial charge in [0.1, 0.15) is 0 Å². The van der Waals surface area contributed by atoms with Crippen molar-refractivity contribution in [3.8, 4) is 6.07 Å². The summed E-state index contributed by atoms with van der Waals surface area (Å²) in [6, 6.07) is 7.13. The molecule has 2 rings (SSSR count). The monoisotopic (exact) mass is 187 g/mol. The van der Waals surface area contributed by atoms with Crippen LogP contribution in [0.1, 0.15) is 29.9 Å². The molecule has 0 heterocycles. The van der Waals surface area contributed by atoms with Crippen LogP contribution >= 0.6 is 0 Å². The molecule has 1 aliphatic rings. The van der Waals surface area contributed by atoms with Gasteiger partial charge in [-0.2, -0.15) is 5.26 Å². The van der Waals surface area contributed by atoms with E-state index in [-0.39, 0.29) is 0 Å². The number of hydrogen-bond donors (Lipinski definition) is 2. The Hall–Kier alpha value is -1.31. The van der Waals surface area contributed by atoms with Crippen molar-refractivity contribution in [2.45, 2.75) is 18.8 Å². The molecule has 0 aromatic heterocycles. The molecular weight excluding hydrogens is 177 g/mol. The summed E-state index contributed by atoms with van der Waals surface area (Å²) >= 11 is 0. The molecule has 2 N–H and O–H groups in total. The van der Waals surface area contributed by atoms with E-state index in [1.165, 1.54) is 0 Å². The van der Waals surface area contributed by atoms with Crippen molar-refractivity contribution in [3.05, 3.63) is 29.3 Å². The average molecular weight is 187 g/mol. The zero-order valence-electron chi connectivity index (χ0n) is 7.64. The van der Waals surface area contributed by atoms with E-state index in [1.54, 1.807) is 12.1 Å². The number of hydrogen-bond acceptors (Lipinski definition) is 3. The maximum absolute atomic E-state index is 8.93. The number of nitrogens with zero attached hydrogens (tertiary/aromatic N) is 1. The lowest BCUT2D eigenvalue weighted by atomic mass is 9.78. The Labute approximate surface area is 82.8 Å². The highest BCUT2D eigenvalue weighted by Crippen LogP contribution is 2.41. The van der Waals surface area contributed by atoms with Gasteiger partial charge in [0.2, 0.25) is 0 Å². The summed E-state index contributed by atoms with van der Waals surface area (Å²) < 4.78 is 0. The van der Waals surface area contributed by atoms with E-state index in [0.717, 1.165) is 18.4 Å². The highest BCUT2D eigenvalue weighted by atomic mass is 16.4. The Balaban J connectivity index is 2.40. The van der Waals surface area contributed by atoms with Gasteiger partial charge < -0.3 is 10.0 Å². The lowest BCUT2D eigenvalue weighted by Crippen LogP contribution is -2.30. The fraction of sp³-hybridized carbons (Fsp3) is 0.300. The molecule has 0 aliphatic heterocycles. The maximum Gasteiger partial charge on any atom is 0.488 e. The van der Waals surface area contributed by atoms with E-state index in [4.69, 9.17) is 15.3 Å². The number of rotatable bonds is 2. The van der Waals surface area contributed by atoms with E-state index in [2.05, 4.69) is 6.07 Å². The molecule has 1 fully saturated rings. The predicted molar refractivity (Wildman–Crippen MR) is 53.0 cm³/mol. The Morgan fingerprint density at radius 1 is 1.36 bits per heavy atom. The molecule has 70 valence electrons. The van der Waals surface area contributed by atoms with E-state index in [0.29, 0.717) is 16.9 Å². The minimum Gasteiger partial charge on any atom is -0.423 e. The van der Waals surface area contributed by atoms with Gasteiger partial charge in [0.05, 0.1) is 11.6 Å². The molecule has 14 heavy (non-hydrogen) atoms.